The normalized spacial score (nSPS) is 13.5. The van der Waals surface area contributed by atoms with E-state index in [1.165, 1.54) is 0 Å². The molecule has 1 aliphatic heterocycles. The zero-order valence-corrected chi connectivity index (χ0v) is 11.4. The molecule has 4 heteroatoms. The van der Waals surface area contributed by atoms with E-state index in [4.69, 9.17) is 5.73 Å². The molecule has 4 nitrogen and oxygen atoms in total. The van der Waals surface area contributed by atoms with Crippen molar-refractivity contribution in [2.45, 2.75) is 13.0 Å². The molecule has 20 heavy (non-hydrogen) atoms. The maximum absolute atomic E-state index is 12.3. The number of fused-ring (bicyclic) bond motifs is 1. The Kier molecular flexibility index (Phi) is 3.16. The van der Waals surface area contributed by atoms with Gasteiger partial charge >= 0.3 is 0 Å². The first-order chi connectivity index (χ1) is 9.72. The summed E-state index contributed by atoms with van der Waals surface area (Å²) in [6, 6.07) is 13.8. The summed E-state index contributed by atoms with van der Waals surface area (Å²) in [7, 11) is 1.87. The van der Waals surface area contributed by atoms with Crippen LogP contribution in [0.15, 0.2) is 42.5 Å². The Morgan fingerprint density at radius 1 is 1.25 bits per heavy atom. The predicted octanol–water partition coefficient (Wildman–Crippen LogP) is 2.41. The molecule has 0 radical (unpaired) electrons. The van der Waals surface area contributed by atoms with E-state index >= 15 is 0 Å². The second kappa shape index (κ2) is 4.98. The number of hydrogen-bond acceptors (Lipinski definition) is 3. The van der Waals surface area contributed by atoms with Gasteiger partial charge in [0, 0.05) is 19.3 Å². The van der Waals surface area contributed by atoms with Crippen LogP contribution in [0.4, 0.5) is 17.1 Å². The fraction of sp³-hybridized carbons (Fsp3) is 0.188. The molecule has 2 aromatic rings. The van der Waals surface area contributed by atoms with Crippen molar-refractivity contribution in [3.63, 3.8) is 0 Å². The van der Waals surface area contributed by atoms with E-state index in [0.717, 1.165) is 28.2 Å². The van der Waals surface area contributed by atoms with Crippen LogP contribution < -0.4 is 16.0 Å². The number of amides is 1. The average molecular weight is 267 g/mol. The van der Waals surface area contributed by atoms with Crippen molar-refractivity contribution in [1.29, 1.82) is 0 Å². The molecule has 3 N–H and O–H groups in total. The Morgan fingerprint density at radius 2 is 2.10 bits per heavy atom. The molecule has 0 aliphatic carbocycles. The molecule has 0 atom stereocenters. The quantitative estimate of drug-likeness (QED) is 0.897. The van der Waals surface area contributed by atoms with Crippen molar-refractivity contribution < 1.29 is 4.79 Å². The fourth-order valence-electron chi connectivity index (χ4n) is 2.59. The highest BCUT2D eigenvalue weighted by molar-refractivity contribution is 6.07. The van der Waals surface area contributed by atoms with Gasteiger partial charge in [0.1, 0.15) is 0 Å². The molecule has 0 bridgehead atoms. The van der Waals surface area contributed by atoms with Crippen LogP contribution in [-0.4, -0.2) is 13.0 Å². The highest BCUT2D eigenvalue weighted by atomic mass is 16.2. The van der Waals surface area contributed by atoms with Gasteiger partial charge in [-0.05, 0) is 35.4 Å². The fourth-order valence-corrected chi connectivity index (χ4v) is 2.59. The molecule has 0 aromatic heterocycles. The van der Waals surface area contributed by atoms with Crippen LogP contribution in [0.1, 0.15) is 11.1 Å². The Bertz CT molecular complexity index is 667. The minimum Gasteiger partial charge on any atom is -0.388 e. The number of carbonyl (C=O) groups excluding carboxylic acids is 1. The first-order valence-corrected chi connectivity index (χ1v) is 6.65. The standard InChI is InChI=1S/C16H17N3O/c1-18-13-3-2-4-14(9-13)19-15-6-5-11(10-17)7-12(15)8-16(19)20/h2-7,9,18H,8,10,17H2,1H3. The second-order valence-electron chi connectivity index (χ2n) is 4.87. The third-order valence-corrected chi connectivity index (χ3v) is 3.60. The van der Waals surface area contributed by atoms with Crippen molar-refractivity contribution >= 4 is 23.0 Å². The zero-order valence-electron chi connectivity index (χ0n) is 11.4. The lowest BCUT2D eigenvalue weighted by Gasteiger charge is -2.18. The molecule has 102 valence electrons. The van der Waals surface area contributed by atoms with E-state index in [0.29, 0.717) is 13.0 Å². The summed E-state index contributed by atoms with van der Waals surface area (Å²) < 4.78 is 0. The topological polar surface area (TPSA) is 58.4 Å². The summed E-state index contributed by atoms with van der Waals surface area (Å²) in [5, 5.41) is 3.09. The number of hydrogen-bond donors (Lipinski definition) is 2. The lowest BCUT2D eigenvalue weighted by Crippen LogP contribution is -2.20. The number of nitrogens with zero attached hydrogens (tertiary/aromatic N) is 1. The number of carbonyl (C=O) groups is 1. The molecule has 3 rings (SSSR count). The Hall–Kier alpha value is -2.33. The molecule has 1 heterocycles. The monoisotopic (exact) mass is 267 g/mol. The summed E-state index contributed by atoms with van der Waals surface area (Å²) in [5.74, 6) is 0.0995. The summed E-state index contributed by atoms with van der Waals surface area (Å²) >= 11 is 0. The minimum atomic E-state index is 0.0995. The maximum Gasteiger partial charge on any atom is 0.236 e. The van der Waals surface area contributed by atoms with E-state index in [-0.39, 0.29) is 5.91 Å². The van der Waals surface area contributed by atoms with Gasteiger partial charge in [0.2, 0.25) is 5.91 Å². The molecule has 0 unspecified atom stereocenters. The van der Waals surface area contributed by atoms with E-state index in [2.05, 4.69) is 5.32 Å². The van der Waals surface area contributed by atoms with Crippen molar-refractivity contribution in [2.24, 2.45) is 5.73 Å². The zero-order chi connectivity index (χ0) is 14.1. The average Bonchev–Trinajstić information content (AvgIpc) is 2.82. The van der Waals surface area contributed by atoms with Gasteiger partial charge in [0.15, 0.2) is 0 Å². The number of anilines is 3. The van der Waals surface area contributed by atoms with Gasteiger partial charge in [0.05, 0.1) is 17.8 Å². The van der Waals surface area contributed by atoms with E-state index < -0.39 is 0 Å². The van der Waals surface area contributed by atoms with Crippen molar-refractivity contribution in [3.05, 3.63) is 53.6 Å². The van der Waals surface area contributed by atoms with Crippen molar-refractivity contribution in [3.8, 4) is 0 Å². The first-order valence-electron chi connectivity index (χ1n) is 6.65. The minimum absolute atomic E-state index is 0.0995. The van der Waals surface area contributed by atoms with Crippen LogP contribution in [0.2, 0.25) is 0 Å². The molecular formula is C16H17N3O. The second-order valence-corrected chi connectivity index (χ2v) is 4.87. The summed E-state index contributed by atoms with van der Waals surface area (Å²) in [6.45, 7) is 0.497. The smallest absolute Gasteiger partial charge is 0.236 e. The van der Waals surface area contributed by atoms with E-state index in [1.54, 1.807) is 4.90 Å². The van der Waals surface area contributed by atoms with Gasteiger partial charge in [-0.15, -0.1) is 0 Å². The Labute approximate surface area is 118 Å². The molecule has 1 amide bonds. The molecule has 1 aliphatic rings. The molecule has 0 saturated heterocycles. The summed E-state index contributed by atoms with van der Waals surface area (Å²) in [6.07, 6.45) is 0.437. The van der Waals surface area contributed by atoms with Crippen LogP contribution in [0.25, 0.3) is 0 Å². The third kappa shape index (κ3) is 2.04. The maximum atomic E-state index is 12.3. The predicted molar refractivity (Wildman–Crippen MR) is 81.2 cm³/mol. The molecule has 0 saturated carbocycles. The van der Waals surface area contributed by atoms with Gasteiger partial charge in [0.25, 0.3) is 0 Å². The third-order valence-electron chi connectivity index (χ3n) is 3.60. The van der Waals surface area contributed by atoms with Crippen molar-refractivity contribution in [2.75, 3.05) is 17.3 Å². The highest BCUT2D eigenvalue weighted by Crippen LogP contribution is 2.36. The molecular weight excluding hydrogens is 250 g/mol. The van der Waals surface area contributed by atoms with Crippen LogP contribution >= 0.6 is 0 Å². The number of nitrogens with two attached hydrogens (primary N) is 1. The number of benzene rings is 2. The number of nitrogens with one attached hydrogen (secondary N) is 1. The lowest BCUT2D eigenvalue weighted by molar-refractivity contribution is -0.116. The van der Waals surface area contributed by atoms with Crippen LogP contribution in [0.3, 0.4) is 0 Å². The van der Waals surface area contributed by atoms with Gasteiger partial charge in [-0.25, -0.2) is 0 Å². The van der Waals surface area contributed by atoms with Gasteiger partial charge in [-0.2, -0.15) is 0 Å². The van der Waals surface area contributed by atoms with E-state index in [9.17, 15) is 4.79 Å². The largest absolute Gasteiger partial charge is 0.388 e. The summed E-state index contributed by atoms with van der Waals surface area (Å²) in [5.41, 5.74) is 10.6. The highest BCUT2D eigenvalue weighted by Gasteiger charge is 2.28. The Morgan fingerprint density at radius 3 is 2.85 bits per heavy atom. The van der Waals surface area contributed by atoms with Gasteiger partial charge in [-0.3, -0.25) is 9.69 Å². The summed E-state index contributed by atoms with van der Waals surface area (Å²) in [4.78, 5) is 14.1. The molecule has 0 spiro atoms. The lowest BCUT2D eigenvalue weighted by atomic mass is 10.1. The first kappa shape index (κ1) is 12.7. The van der Waals surface area contributed by atoms with Crippen LogP contribution in [0, 0.1) is 0 Å². The van der Waals surface area contributed by atoms with Crippen molar-refractivity contribution in [1.82, 2.24) is 0 Å². The Balaban J connectivity index is 2.05. The molecule has 2 aromatic carbocycles. The van der Waals surface area contributed by atoms with E-state index in [1.807, 2.05) is 49.5 Å². The number of rotatable bonds is 3. The van der Waals surface area contributed by atoms with Crippen LogP contribution in [0.5, 0.6) is 0 Å². The van der Waals surface area contributed by atoms with Gasteiger partial charge in [-0.1, -0.05) is 18.2 Å². The SMILES string of the molecule is CNc1cccc(N2C(=O)Cc3cc(CN)ccc32)c1. The van der Waals surface area contributed by atoms with Gasteiger partial charge < -0.3 is 11.1 Å². The molecule has 0 fully saturated rings. The van der Waals surface area contributed by atoms with Crippen LogP contribution in [-0.2, 0) is 17.8 Å².